The molecule has 12 aromatic rings. The molecule has 65 heavy (non-hydrogen) atoms. The molecule has 1 aliphatic carbocycles. The highest BCUT2D eigenvalue weighted by atomic mass is 15.1. The van der Waals surface area contributed by atoms with Gasteiger partial charge in [-0.3, -0.25) is 9.13 Å². The molecular formula is C59H40N6. The molecule has 6 heteroatoms. The van der Waals surface area contributed by atoms with Crippen LogP contribution < -0.4 is 0 Å². The third kappa shape index (κ3) is 5.80. The van der Waals surface area contributed by atoms with Crippen molar-refractivity contribution in [3.63, 3.8) is 0 Å². The molecule has 0 spiro atoms. The van der Waals surface area contributed by atoms with E-state index in [9.17, 15) is 0 Å². The Balaban J connectivity index is 0.937. The molecule has 0 saturated heterocycles. The zero-order valence-electron chi connectivity index (χ0n) is 35.8. The summed E-state index contributed by atoms with van der Waals surface area (Å²) >= 11 is 0. The van der Waals surface area contributed by atoms with Crippen LogP contribution in [0, 0.1) is 0 Å². The Morgan fingerprint density at radius 3 is 1.31 bits per heavy atom. The second-order valence-corrected chi connectivity index (χ2v) is 17.5. The Morgan fingerprint density at radius 2 is 0.738 bits per heavy atom. The van der Waals surface area contributed by atoms with Crippen LogP contribution >= 0.6 is 0 Å². The highest BCUT2D eigenvalue weighted by molar-refractivity contribution is 6.10. The minimum atomic E-state index is -0.132. The van der Waals surface area contributed by atoms with Crippen molar-refractivity contribution in [2.45, 2.75) is 19.3 Å². The van der Waals surface area contributed by atoms with Crippen molar-refractivity contribution in [2.24, 2.45) is 0 Å². The predicted molar refractivity (Wildman–Crippen MR) is 266 cm³/mol. The fourth-order valence-electron chi connectivity index (χ4n) is 10.3. The van der Waals surface area contributed by atoms with Crippen LogP contribution in [0.15, 0.2) is 206 Å². The Hall–Kier alpha value is -8.48. The highest BCUT2D eigenvalue weighted by Crippen LogP contribution is 2.50. The van der Waals surface area contributed by atoms with Gasteiger partial charge in [0, 0.05) is 27.0 Å². The molecule has 6 nitrogen and oxygen atoms in total. The van der Waals surface area contributed by atoms with Gasteiger partial charge < -0.3 is 0 Å². The molecule has 6 heterocycles. The number of benzene rings is 6. The van der Waals surface area contributed by atoms with Crippen molar-refractivity contribution in [3.8, 4) is 68.1 Å². The molecular weight excluding hydrogens is 793 g/mol. The highest BCUT2D eigenvalue weighted by Gasteiger charge is 2.35. The maximum atomic E-state index is 5.45. The van der Waals surface area contributed by atoms with E-state index in [1.165, 1.54) is 43.8 Å². The number of nitrogens with zero attached hydrogens (tertiary/aromatic N) is 6. The third-order valence-electron chi connectivity index (χ3n) is 13.4. The maximum absolute atomic E-state index is 5.45. The molecule has 0 saturated carbocycles. The van der Waals surface area contributed by atoms with Crippen molar-refractivity contribution in [1.29, 1.82) is 0 Å². The van der Waals surface area contributed by atoms with Crippen molar-refractivity contribution in [2.75, 3.05) is 0 Å². The van der Waals surface area contributed by atoms with Gasteiger partial charge in [-0.25, -0.2) is 19.9 Å². The molecule has 0 bridgehead atoms. The summed E-state index contributed by atoms with van der Waals surface area (Å²) in [5, 5.41) is 4.78. The molecule has 1 aliphatic rings. The lowest BCUT2D eigenvalue weighted by molar-refractivity contribution is 0.660. The van der Waals surface area contributed by atoms with E-state index in [4.69, 9.17) is 19.9 Å². The number of rotatable bonds is 6. The van der Waals surface area contributed by atoms with Gasteiger partial charge in [0.25, 0.3) is 0 Å². The summed E-state index contributed by atoms with van der Waals surface area (Å²) in [4.78, 5) is 21.2. The first-order valence-electron chi connectivity index (χ1n) is 22.1. The SMILES string of the molecule is CC1(C)c2ccccc2-c2ccc(-c3cc(-c4cccc(-c5cccc(-c6cccc(-n7c8ccccc8c8ccccc87)n6)n5)n4)nc(-n4c5ccccc5c5ccccc54)c3)cc21. The van der Waals surface area contributed by atoms with E-state index in [-0.39, 0.29) is 5.41 Å². The monoisotopic (exact) mass is 832 g/mol. The first-order chi connectivity index (χ1) is 32.0. The second-order valence-electron chi connectivity index (χ2n) is 17.5. The maximum Gasteiger partial charge on any atom is 0.138 e. The van der Waals surface area contributed by atoms with E-state index < -0.39 is 0 Å². The lowest BCUT2D eigenvalue weighted by Crippen LogP contribution is -2.14. The number of para-hydroxylation sites is 4. The van der Waals surface area contributed by atoms with Crippen LogP contribution in [-0.2, 0) is 5.41 Å². The number of hydrogen-bond donors (Lipinski definition) is 0. The largest absolute Gasteiger partial charge is 0.294 e. The lowest BCUT2D eigenvalue weighted by Gasteiger charge is -2.22. The minimum Gasteiger partial charge on any atom is -0.294 e. The first-order valence-corrected chi connectivity index (χ1v) is 22.1. The summed E-state index contributed by atoms with van der Waals surface area (Å²) in [5.41, 5.74) is 16.4. The summed E-state index contributed by atoms with van der Waals surface area (Å²) in [6.45, 7) is 4.67. The van der Waals surface area contributed by atoms with E-state index >= 15 is 0 Å². The predicted octanol–water partition coefficient (Wildman–Crippen LogP) is 14.4. The summed E-state index contributed by atoms with van der Waals surface area (Å²) in [5.74, 6) is 1.67. The molecule has 13 rings (SSSR count). The smallest absolute Gasteiger partial charge is 0.138 e. The van der Waals surface area contributed by atoms with Crippen LogP contribution in [0.1, 0.15) is 25.0 Å². The van der Waals surface area contributed by atoms with Crippen LogP contribution in [0.25, 0.3) is 112 Å². The van der Waals surface area contributed by atoms with Gasteiger partial charge in [-0.05, 0) is 112 Å². The topological polar surface area (TPSA) is 61.4 Å². The van der Waals surface area contributed by atoms with Gasteiger partial charge in [-0.1, -0.05) is 141 Å². The van der Waals surface area contributed by atoms with Crippen LogP contribution in [-0.4, -0.2) is 29.1 Å². The first kappa shape index (κ1) is 37.1. The van der Waals surface area contributed by atoms with Gasteiger partial charge in [-0.2, -0.15) is 0 Å². The Bertz CT molecular complexity index is 3780. The van der Waals surface area contributed by atoms with E-state index in [1.807, 2.05) is 36.4 Å². The minimum absolute atomic E-state index is 0.132. The van der Waals surface area contributed by atoms with E-state index in [1.54, 1.807) is 0 Å². The Morgan fingerprint density at radius 1 is 0.308 bits per heavy atom. The van der Waals surface area contributed by atoms with E-state index in [0.29, 0.717) is 0 Å². The lowest BCUT2D eigenvalue weighted by atomic mass is 9.81. The van der Waals surface area contributed by atoms with Crippen molar-refractivity contribution < 1.29 is 0 Å². The molecule has 0 fully saturated rings. The fourth-order valence-corrected chi connectivity index (χ4v) is 10.3. The Kier molecular flexibility index (Phi) is 8.15. The Labute approximate surface area is 375 Å². The summed E-state index contributed by atoms with van der Waals surface area (Å²) < 4.78 is 4.53. The van der Waals surface area contributed by atoms with Crippen LogP contribution in [0.3, 0.4) is 0 Å². The molecule has 0 aliphatic heterocycles. The van der Waals surface area contributed by atoms with Crippen molar-refractivity contribution >= 4 is 43.6 Å². The average Bonchev–Trinajstić information content (AvgIpc) is 3.97. The van der Waals surface area contributed by atoms with Gasteiger partial charge in [0.1, 0.15) is 11.6 Å². The van der Waals surface area contributed by atoms with Gasteiger partial charge in [-0.15, -0.1) is 0 Å². The zero-order valence-corrected chi connectivity index (χ0v) is 35.8. The fraction of sp³-hybridized carbons (Fsp3) is 0.0508. The summed E-state index contributed by atoms with van der Waals surface area (Å²) in [6.07, 6.45) is 0. The molecule has 6 aromatic carbocycles. The van der Waals surface area contributed by atoms with Gasteiger partial charge >= 0.3 is 0 Å². The number of hydrogen-bond acceptors (Lipinski definition) is 4. The second kappa shape index (κ2) is 14.3. The molecule has 306 valence electrons. The van der Waals surface area contributed by atoms with Crippen LogP contribution in [0.4, 0.5) is 0 Å². The molecule has 0 unspecified atom stereocenters. The average molecular weight is 833 g/mol. The molecule has 0 atom stereocenters. The van der Waals surface area contributed by atoms with E-state index in [2.05, 4.69) is 193 Å². The molecule has 0 radical (unpaired) electrons. The number of pyridine rings is 4. The van der Waals surface area contributed by atoms with Gasteiger partial charge in [0.2, 0.25) is 0 Å². The van der Waals surface area contributed by atoms with Crippen LogP contribution in [0.2, 0.25) is 0 Å². The number of fused-ring (bicyclic) bond motifs is 9. The third-order valence-corrected chi connectivity index (χ3v) is 13.4. The van der Waals surface area contributed by atoms with E-state index in [0.717, 1.165) is 79.0 Å². The molecule has 0 N–H and O–H groups in total. The van der Waals surface area contributed by atoms with Gasteiger partial charge in [0.05, 0.1) is 56.2 Å². The van der Waals surface area contributed by atoms with Crippen molar-refractivity contribution in [3.05, 3.63) is 217 Å². The van der Waals surface area contributed by atoms with Gasteiger partial charge in [0.15, 0.2) is 0 Å². The zero-order chi connectivity index (χ0) is 43.2. The quantitative estimate of drug-likeness (QED) is 0.167. The summed E-state index contributed by atoms with van der Waals surface area (Å²) in [7, 11) is 0. The number of aromatic nitrogens is 6. The normalized spacial score (nSPS) is 12.9. The summed E-state index contributed by atoms with van der Waals surface area (Å²) in [6, 6.07) is 72.7. The van der Waals surface area contributed by atoms with Crippen molar-refractivity contribution in [1.82, 2.24) is 29.1 Å². The molecule has 0 amide bonds. The molecule has 6 aromatic heterocycles. The standard InChI is InChI=1S/C59H40N6/c1-59(2)45-21-8-3-16-39(45)40-33-32-37(34-46(40)59)38-35-52(63-58(36-38)65-55-29-11-6-19-43(55)44-20-7-12-30-56(44)65)51-25-14-23-48(61-51)47-22-13-24-49(60-47)50-26-15-31-57(62-50)64-53-27-9-4-17-41(53)42-18-5-10-28-54(42)64/h3-36H,1-2H3. The van der Waals surface area contributed by atoms with Crippen LogP contribution in [0.5, 0.6) is 0 Å².